The average molecular weight is 422 g/mol. The lowest BCUT2D eigenvalue weighted by atomic mass is 9.95. The monoisotopic (exact) mass is 421 g/mol. The van der Waals surface area contributed by atoms with Crippen LogP contribution in [0.15, 0.2) is 40.4 Å². The number of urea groups is 1. The van der Waals surface area contributed by atoms with E-state index in [1.807, 2.05) is 6.92 Å². The summed E-state index contributed by atoms with van der Waals surface area (Å²) < 4.78 is 33.4. The van der Waals surface area contributed by atoms with Gasteiger partial charge in [-0.1, -0.05) is 31.5 Å². The van der Waals surface area contributed by atoms with Crippen LogP contribution in [0.2, 0.25) is 0 Å². The summed E-state index contributed by atoms with van der Waals surface area (Å²) in [5.41, 5.74) is 0.917. The molecule has 2 N–H and O–H groups in total. The second kappa shape index (κ2) is 8.96. The molecule has 0 aliphatic carbocycles. The van der Waals surface area contributed by atoms with E-state index in [4.69, 9.17) is 4.74 Å². The zero-order valence-corrected chi connectivity index (χ0v) is 17.5. The number of nitrogens with one attached hydrogen (secondary N) is 2. The van der Waals surface area contributed by atoms with Gasteiger partial charge in [0.1, 0.15) is 0 Å². The van der Waals surface area contributed by atoms with Crippen LogP contribution in [0.4, 0.5) is 4.79 Å². The van der Waals surface area contributed by atoms with E-state index in [1.165, 1.54) is 10.4 Å². The first-order valence-corrected chi connectivity index (χ1v) is 11.3. The third kappa shape index (κ3) is 4.45. The molecule has 29 heavy (non-hydrogen) atoms. The Bertz CT molecular complexity index is 920. The van der Waals surface area contributed by atoms with Crippen molar-refractivity contribution in [2.75, 3.05) is 19.7 Å². The molecule has 1 aromatic carbocycles. The zero-order chi connectivity index (χ0) is 21.0. The first kappa shape index (κ1) is 21.3. The number of nitrogens with zero attached hydrogens (tertiary/aromatic N) is 1. The SMILES string of the molecule is CCCOC(=O)C1=C(C)NC(=O)NC1c1ccccc1S(=O)(=O)N1CCCCC1. The highest BCUT2D eigenvalue weighted by Gasteiger charge is 2.37. The number of esters is 1. The number of benzene rings is 1. The molecule has 2 amide bonds. The number of carbonyl (C=O) groups excluding carboxylic acids is 2. The summed E-state index contributed by atoms with van der Waals surface area (Å²) in [4.78, 5) is 24.9. The fourth-order valence-corrected chi connectivity index (χ4v) is 5.42. The van der Waals surface area contributed by atoms with Gasteiger partial charge in [0.05, 0.1) is 23.1 Å². The van der Waals surface area contributed by atoms with Crippen molar-refractivity contribution < 1.29 is 22.7 Å². The minimum Gasteiger partial charge on any atom is -0.462 e. The van der Waals surface area contributed by atoms with Crippen LogP contribution in [0, 0.1) is 0 Å². The summed E-state index contributed by atoms with van der Waals surface area (Å²) >= 11 is 0. The Balaban J connectivity index is 2.06. The van der Waals surface area contributed by atoms with E-state index in [-0.39, 0.29) is 17.1 Å². The Morgan fingerprint density at radius 2 is 1.90 bits per heavy atom. The Kier molecular flexibility index (Phi) is 6.59. The summed E-state index contributed by atoms with van der Waals surface area (Å²) in [6, 6.07) is 5.09. The molecule has 8 nitrogen and oxygen atoms in total. The van der Waals surface area contributed by atoms with Crippen molar-refractivity contribution >= 4 is 22.0 Å². The molecule has 0 radical (unpaired) electrons. The number of ether oxygens (including phenoxy) is 1. The summed E-state index contributed by atoms with van der Waals surface area (Å²) in [5, 5.41) is 5.27. The lowest BCUT2D eigenvalue weighted by Gasteiger charge is -2.31. The van der Waals surface area contributed by atoms with Crippen LogP contribution < -0.4 is 10.6 Å². The van der Waals surface area contributed by atoms with E-state index in [2.05, 4.69) is 10.6 Å². The molecule has 2 aliphatic rings. The summed E-state index contributed by atoms with van der Waals surface area (Å²) in [6.45, 7) is 4.67. The van der Waals surface area contributed by atoms with Gasteiger partial charge in [-0.15, -0.1) is 0 Å². The number of amides is 2. The molecule has 1 fully saturated rings. The maximum Gasteiger partial charge on any atom is 0.338 e. The van der Waals surface area contributed by atoms with Gasteiger partial charge >= 0.3 is 12.0 Å². The standard InChI is InChI=1S/C20H27N3O5S/c1-3-13-28-19(24)17-14(2)21-20(25)22-18(17)15-9-5-6-10-16(15)29(26,27)23-11-7-4-8-12-23/h5-6,9-10,18H,3-4,7-8,11-13H2,1-2H3,(H2,21,22,25). The van der Waals surface area contributed by atoms with Crippen LogP contribution in [0.1, 0.15) is 51.1 Å². The minimum absolute atomic E-state index is 0.0997. The van der Waals surface area contributed by atoms with E-state index in [0.717, 1.165) is 19.3 Å². The number of hydrogen-bond donors (Lipinski definition) is 2. The highest BCUT2D eigenvalue weighted by atomic mass is 32.2. The first-order chi connectivity index (χ1) is 13.9. The van der Waals surface area contributed by atoms with Crippen LogP contribution in [0.5, 0.6) is 0 Å². The molecule has 3 rings (SSSR count). The molecular weight excluding hydrogens is 394 g/mol. The van der Waals surface area contributed by atoms with Crippen molar-refractivity contribution in [3.8, 4) is 0 Å². The van der Waals surface area contributed by atoms with Gasteiger partial charge in [0, 0.05) is 18.8 Å². The largest absolute Gasteiger partial charge is 0.462 e. The molecule has 2 heterocycles. The van der Waals surface area contributed by atoms with Gasteiger partial charge in [-0.25, -0.2) is 18.0 Å². The maximum absolute atomic E-state index is 13.3. The molecule has 1 saturated heterocycles. The summed E-state index contributed by atoms with van der Waals surface area (Å²) in [5.74, 6) is -0.577. The van der Waals surface area contributed by atoms with Gasteiger partial charge < -0.3 is 15.4 Å². The van der Waals surface area contributed by atoms with Crippen LogP contribution in [0.25, 0.3) is 0 Å². The quantitative estimate of drug-likeness (QED) is 0.687. The van der Waals surface area contributed by atoms with E-state index in [0.29, 0.717) is 30.8 Å². The summed E-state index contributed by atoms with van der Waals surface area (Å²) in [7, 11) is -3.76. The molecule has 0 spiro atoms. The Morgan fingerprint density at radius 3 is 2.59 bits per heavy atom. The highest BCUT2D eigenvalue weighted by molar-refractivity contribution is 7.89. The Hall–Kier alpha value is -2.39. The van der Waals surface area contributed by atoms with Crippen LogP contribution in [-0.2, 0) is 19.6 Å². The maximum atomic E-state index is 13.3. The van der Waals surface area contributed by atoms with Gasteiger partial charge in [-0.05, 0) is 37.8 Å². The van der Waals surface area contributed by atoms with Crippen molar-refractivity contribution in [2.45, 2.75) is 50.5 Å². The topological polar surface area (TPSA) is 105 Å². The number of sulfonamides is 1. The highest BCUT2D eigenvalue weighted by Crippen LogP contribution is 2.33. The van der Waals surface area contributed by atoms with Gasteiger partial charge in [0.25, 0.3) is 0 Å². The van der Waals surface area contributed by atoms with E-state index >= 15 is 0 Å². The van der Waals surface area contributed by atoms with Crippen LogP contribution in [-0.4, -0.2) is 44.4 Å². The Morgan fingerprint density at radius 1 is 1.21 bits per heavy atom. The van der Waals surface area contributed by atoms with Gasteiger partial charge in [-0.3, -0.25) is 0 Å². The van der Waals surface area contributed by atoms with E-state index in [9.17, 15) is 18.0 Å². The number of rotatable bonds is 6. The van der Waals surface area contributed by atoms with E-state index < -0.39 is 28.1 Å². The average Bonchev–Trinajstić information content (AvgIpc) is 2.72. The van der Waals surface area contributed by atoms with Gasteiger partial charge in [0.2, 0.25) is 10.0 Å². The van der Waals surface area contributed by atoms with Gasteiger partial charge in [0.15, 0.2) is 0 Å². The second-order valence-electron chi connectivity index (χ2n) is 7.21. The molecule has 158 valence electrons. The number of carbonyl (C=O) groups is 2. The molecule has 1 atom stereocenters. The fourth-order valence-electron chi connectivity index (χ4n) is 3.67. The van der Waals surface area contributed by atoms with Crippen molar-refractivity contribution in [1.29, 1.82) is 0 Å². The zero-order valence-electron chi connectivity index (χ0n) is 16.7. The van der Waals surface area contributed by atoms with Crippen molar-refractivity contribution in [3.63, 3.8) is 0 Å². The lowest BCUT2D eigenvalue weighted by molar-refractivity contribution is -0.139. The number of allylic oxidation sites excluding steroid dienone is 1. The molecule has 1 aromatic rings. The molecular formula is C20H27N3O5S. The van der Waals surface area contributed by atoms with Crippen molar-refractivity contribution in [2.24, 2.45) is 0 Å². The minimum atomic E-state index is -3.76. The predicted molar refractivity (Wildman–Crippen MR) is 107 cm³/mol. The van der Waals surface area contributed by atoms with E-state index in [1.54, 1.807) is 25.1 Å². The normalized spacial score (nSPS) is 20.8. The van der Waals surface area contributed by atoms with Crippen molar-refractivity contribution in [3.05, 3.63) is 41.1 Å². The molecule has 9 heteroatoms. The molecule has 2 aliphatic heterocycles. The molecule has 0 saturated carbocycles. The van der Waals surface area contributed by atoms with Crippen LogP contribution >= 0.6 is 0 Å². The molecule has 0 bridgehead atoms. The third-order valence-electron chi connectivity index (χ3n) is 5.09. The predicted octanol–water partition coefficient (Wildman–Crippen LogP) is 2.44. The number of hydrogen-bond acceptors (Lipinski definition) is 5. The number of piperidine rings is 1. The fraction of sp³-hybridized carbons (Fsp3) is 0.500. The lowest BCUT2D eigenvalue weighted by Crippen LogP contribution is -2.46. The second-order valence-corrected chi connectivity index (χ2v) is 9.11. The smallest absolute Gasteiger partial charge is 0.338 e. The first-order valence-electron chi connectivity index (χ1n) is 9.90. The van der Waals surface area contributed by atoms with Crippen LogP contribution in [0.3, 0.4) is 0 Å². The third-order valence-corrected chi connectivity index (χ3v) is 7.06. The molecule has 1 unspecified atom stereocenters. The van der Waals surface area contributed by atoms with Gasteiger partial charge in [-0.2, -0.15) is 4.31 Å². The summed E-state index contributed by atoms with van der Waals surface area (Å²) in [6.07, 6.45) is 3.30. The Labute approximate surface area is 171 Å². The van der Waals surface area contributed by atoms with Crippen molar-refractivity contribution in [1.82, 2.24) is 14.9 Å². The molecule has 0 aromatic heterocycles.